The third-order valence-electron chi connectivity index (χ3n) is 2.50. The zero-order valence-corrected chi connectivity index (χ0v) is 12.5. The summed E-state index contributed by atoms with van der Waals surface area (Å²) in [7, 11) is -3.78. The van der Waals surface area contributed by atoms with Crippen molar-refractivity contribution >= 4 is 27.8 Å². The maximum atomic E-state index is 12.7. The Labute approximate surface area is 121 Å². The molecule has 2 N–H and O–H groups in total. The van der Waals surface area contributed by atoms with Crippen LogP contribution in [0.4, 0.5) is 4.39 Å². The summed E-state index contributed by atoms with van der Waals surface area (Å²) in [5.74, 6) is -1.50. The Morgan fingerprint density at radius 2 is 2.00 bits per heavy atom. The molecule has 1 atom stereocenters. The minimum Gasteiger partial charge on any atom is -0.480 e. The van der Waals surface area contributed by atoms with Crippen molar-refractivity contribution < 1.29 is 22.7 Å². The molecule has 0 radical (unpaired) electrons. The summed E-state index contributed by atoms with van der Waals surface area (Å²) in [6.45, 7) is 0. The minimum atomic E-state index is -3.78. The van der Waals surface area contributed by atoms with Crippen LogP contribution < -0.4 is 4.72 Å². The standard InChI is InChI=1S/C12H16FNO4S2/c1-19-7-6-11(12(15)16)14-20(17,18)8-9-2-4-10(13)5-3-9/h2-5,11,14H,6-8H2,1H3,(H,15,16)/t11-/m1/s1. The van der Waals surface area contributed by atoms with Gasteiger partial charge in [-0.25, -0.2) is 17.5 Å². The molecular weight excluding hydrogens is 305 g/mol. The normalized spacial score (nSPS) is 13.1. The van der Waals surface area contributed by atoms with E-state index in [2.05, 4.69) is 4.72 Å². The SMILES string of the molecule is CSCC[C@@H](NS(=O)(=O)Cc1ccc(F)cc1)C(=O)O. The molecule has 1 rings (SSSR count). The number of nitrogens with one attached hydrogen (secondary N) is 1. The van der Waals surface area contributed by atoms with Crippen LogP contribution in [0.1, 0.15) is 12.0 Å². The van der Waals surface area contributed by atoms with E-state index in [1.165, 1.54) is 23.9 Å². The first kappa shape index (κ1) is 16.9. The van der Waals surface area contributed by atoms with Crippen LogP contribution in [0.3, 0.4) is 0 Å². The van der Waals surface area contributed by atoms with E-state index in [-0.39, 0.29) is 12.2 Å². The molecule has 0 aliphatic carbocycles. The molecule has 0 aliphatic heterocycles. The summed E-state index contributed by atoms with van der Waals surface area (Å²) in [4.78, 5) is 11.0. The molecule has 0 fully saturated rings. The van der Waals surface area contributed by atoms with Crippen LogP contribution in [-0.4, -0.2) is 37.5 Å². The van der Waals surface area contributed by atoms with Gasteiger partial charge in [0, 0.05) is 0 Å². The molecule has 0 aromatic heterocycles. The first-order valence-corrected chi connectivity index (χ1v) is 8.85. The van der Waals surface area contributed by atoms with Crippen LogP contribution in [0.2, 0.25) is 0 Å². The Bertz CT molecular complexity index is 545. The summed E-state index contributed by atoms with van der Waals surface area (Å²) in [5.41, 5.74) is 0.396. The summed E-state index contributed by atoms with van der Waals surface area (Å²) >= 11 is 1.44. The van der Waals surface area contributed by atoms with Crippen molar-refractivity contribution in [1.29, 1.82) is 0 Å². The second-order valence-corrected chi connectivity index (χ2v) is 6.92. The quantitative estimate of drug-likeness (QED) is 0.757. The maximum Gasteiger partial charge on any atom is 0.321 e. The number of benzene rings is 1. The molecule has 112 valence electrons. The monoisotopic (exact) mass is 321 g/mol. The van der Waals surface area contributed by atoms with Crippen LogP contribution in [0.25, 0.3) is 0 Å². The van der Waals surface area contributed by atoms with Gasteiger partial charge in [-0.3, -0.25) is 4.79 Å². The molecule has 8 heteroatoms. The van der Waals surface area contributed by atoms with E-state index in [1.807, 2.05) is 6.26 Å². The lowest BCUT2D eigenvalue weighted by Crippen LogP contribution is -2.41. The summed E-state index contributed by atoms with van der Waals surface area (Å²) in [5, 5.41) is 8.98. The third-order valence-corrected chi connectivity index (χ3v) is 4.50. The van der Waals surface area contributed by atoms with Gasteiger partial charge in [0.15, 0.2) is 0 Å². The maximum absolute atomic E-state index is 12.7. The Hall–Kier alpha value is -1.12. The molecule has 1 aromatic carbocycles. The highest BCUT2D eigenvalue weighted by Gasteiger charge is 2.23. The van der Waals surface area contributed by atoms with E-state index in [9.17, 15) is 17.6 Å². The van der Waals surface area contributed by atoms with Crippen molar-refractivity contribution in [3.05, 3.63) is 35.6 Å². The van der Waals surface area contributed by atoms with E-state index in [4.69, 9.17) is 5.11 Å². The molecule has 0 unspecified atom stereocenters. The minimum absolute atomic E-state index is 0.207. The number of carboxylic acid groups (broad SMARTS) is 1. The predicted octanol–water partition coefficient (Wildman–Crippen LogP) is 1.45. The van der Waals surface area contributed by atoms with Gasteiger partial charge in [0.05, 0.1) is 5.75 Å². The van der Waals surface area contributed by atoms with Crippen LogP contribution in [0.15, 0.2) is 24.3 Å². The number of aliphatic carboxylic acids is 1. The fraction of sp³-hybridized carbons (Fsp3) is 0.417. The molecular formula is C12H16FNO4S2. The van der Waals surface area contributed by atoms with Crippen LogP contribution >= 0.6 is 11.8 Å². The van der Waals surface area contributed by atoms with E-state index in [1.54, 1.807) is 0 Å². The highest BCUT2D eigenvalue weighted by atomic mass is 32.2. The molecule has 0 saturated heterocycles. The Kier molecular flexibility index (Phi) is 6.44. The zero-order chi connectivity index (χ0) is 15.2. The van der Waals surface area contributed by atoms with E-state index < -0.39 is 27.9 Å². The average molecular weight is 321 g/mol. The number of halogens is 1. The van der Waals surface area contributed by atoms with Gasteiger partial charge in [0.2, 0.25) is 10.0 Å². The molecule has 0 amide bonds. The van der Waals surface area contributed by atoms with Gasteiger partial charge in [-0.15, -0.1) is 0 Å². The van der Waals surface area contributed by atoms with Gasteiger partial charge < -0.3 is 5.11 Å². The molecule has 0 spiro atoms. The molecule has 1 aromatic rings. The third kappa shape index (κ3) is 5.89. The van der Waals surface area contributed by atoms with Crippen molar-refractivity contribution in [2.45, 2.75) is 18.2 Å². The van der Waals surface area contributed by atoms with Crippen LogP contribution in [0, 0.1) is 5.82 Å². The number of sulfonamides is 1. The average Bonchev–Trinajstić information content (AvgIpc) is 2.36. The van der Waals surface area contributed by atoms with Crippen molar-refractivity contribution in [2.75, 3.05) is 12.0 Å². The molecule has 0 bridgehead atoms. The van der Waals surface area contributed by atoms with Crippen molar-refractivity contribution in [3.8, 4) is 0 Å². The summed E-state index contributed by atoms with van der Waals surface area (Å²) < 4.78 is 38.7. The highest BCUT2D eigenvalue weighted by Crippen LogP contribution is 2.09. The number of hydrogen-bond donors (Lipinski definition) is 2. The lowest BCUT2D eigenvalue weighted by atomic mass is 10.2. The number of carbonyl (C=O) groups is 1. The fourth-order valence-corrected chi connectivity index (χ4v) is 3.37. The van der Waals surface area contributed by atoms with Crippen LogP contribution in [-0.2, 0) is 20.6 Å². The summed E-state index contributed by atoms with van der Waals surface area (Å²) in [6, 6.07) is 3.88. The van der Waals surface area contributed by atoms with Gasteiger partial charge in [0.1, 0.15) is 11.9 Å². The molecule has 0 heterocycles. The Morgan fingerprint density at radius 3 is 2.50 bits per heavy atom. The molecule has 20 heavy (non-hydrogen) atoms. The van der Waals surface area contributed by atoms with Gasteiger partial charge in [-0.2, -0.15) is 11.8 Å². The van der Waals surface area contributed by atoms with Crippen LogP contribution in [0.5, 0.6) is 0 Å². The van der Waals surface area contributed by atoms with E-state index >= 15 is 0 Å². The van der Waals surface area contributed by atoms with E-state index in [0.717, 1.165) is 12.1 Å². The lowest BCUT2D eigenvalue weighted by molar-refractivity contribution is -0.139. The Morgan fingerprint density at radius 1 is 1.40 bits per heavy atom. The smallest absolute Gasteiger partial charge is 0.321 e. The largest absolute Gasteiger partial charge is 0.480 e. The zero-order valence-electron chi connectivity index (χ0n) is 10.9. The van der Waals surface area contributed by atoms with Gasteiger partial charge in [0.25, 0.3) is 0 Å². The molecule has 0 aliphatic rings. The first-order chi connectivity index (χ1) is 9.34. The first-order valence-electron chi connectivity index (χ1n) is 5.80. The second kappa shape index (κ2) is 7.61. The van der Waals surface area contributed by atoms with Gasteiger partial charge in [-0.1, -0.05) is 12.1 Å². The van der Waals surface area contributed by atoms with E-state index in [0.29, 0.717) is 11.3 Å². The predicted molar refractivity (Wildman–Crippen MR) is 76.6 cm³/mol. The topological polar surface area (TPSA) is 83.5 Å². The number of thioether (sulfide) groups is 1. The Balaban J connectivity index is 2.72. The highest BCUT2D eigenvalue weighted by molar-refractivity contribution is 7.98. The molecule has 0 saturated carbocycles. The lowest BCUT2D eigenvalue weighted by Gasteiger charge is -2.14. The number of hydrogen-bond acceptors (Lipinski definition) is 4. The number of carboxylic acids is 1. The number of rotatable bonds is 8. The molecule has 5 nitrogen and oxygen atoms in total. The fourth-order valence-electron chi connectivity index (χ4n) is 1.53. The van der Waals surface area contributed by atoms with Crippen molar-refractivity contribution in [2.24, 2.45) is 0 Å². The second-order valence-electron chi connectivity index (χ2n) is 4.18. The summed E-state index contributed by atoms with van der Waals surface area (Å²) in [6.07, 6.45) is 2.02. The van der Waals surface area contributed by atoms with Gasteiger partial charge >= 0.3 is 5.97 Å². The van der Waals surface area contributed by atoms with Crippen molar-refractivity contribution in [1.82, 2.24) is 4.72 Å². The van der Waals surface area contributed by atoms with Crippen molar-refractivity contribution in [3.63, 3.8) is 0 Å². The van der Waals surface area contributed by atoms with Gasteiger partial charge in [-0.05, 0) is 36.1 Å².